The normalized spacial score (nSPS) is 34.0. The van der Waals surface area contributed by atoms with Crippen molar-refractivity contribution in [2.45, 2.75) is 24.9 Å². The summed E-state index contributed by atoms with van der Waals surface area (Å²) < 4.78 is 10.3. The van der Waals surface area contributed by atoms with Crippen molar-refractivity contribution < 1.29 is 24.8 Å². The van der Waals surface area contributed by atoms with Gasteiger partial charge in [0.25, 0.3) is 0 Å². The van der Waals surface area contributed by atoms with Gasteiger partial charge in [0, 0.05) is 0 Å². The van der Waals surface area contributed by atoms with Crippen LogP contribution < -0.4 is 0 Å². The van der Waals surface area contributed by atoms with Crippen LogP contribution in [0.5, 0.6) is 0 Å². The minimum Gasteiger partial charge on any atom is -0.394 e. The van der Waals surface area contributed by atoms with Gasteiger partial charge in [0.15, 0.2) is 5.79 Å². The van der Waals surface area contributed by atoms with Crippen molar-refractivity contribution in [1.29, 1.82) is 0 Å². The topological polar surface area (TPSA) is 79.2 Å². The molecule has 1 rings (SSSR count). The van der Waals surface area contributed by atoms with Crippen molar-refractivity contribution >= 4 is 0 Å². The van der Waals surface area contributed by atoms with E-state index >= 15 is 0 Å². The number of ether oxygens (including phenoxy) is 2. The minimum atomic E-state index is -1.08. The summed E-state index contributed by atoms with van der Waals surface area (Å²) in [5.41, 5.74) is 0. The fourth-order valence-electron chi connectivity index (χ4n) is 1.20. The fourth-order valence-corrected chi connectivity index (χ4v) is 1.20. The largest absolute Gasteiger partial charge is 0.394 e. The van der Waals surface area contributed by atoms with Crippen LogP contribution in [0.15, 0.2) is 0 Å². The summed E-state index contributed by atoms with van der Waals surface area (Å²) in [5, 5.41) is 26.4. The second-order valence-electron chi connectivity index (χ2n) is 2.97. The maximum Gasteiger partial charge on any atom is 0.189 e. The molecule has 72 valence electrons. The van der Waals surface area contributed by atoms with Gasteiger partial charge in [-0.3, -0.25) is 0 Å². The molecule has 0 unspecified atom stereocenters. The van der Waals surface area contributed by atoms with Gasteiger partial charge in [-0.25, -0.2) is 0 Å². The Hall–Kier alpha value is -0.200. The Kier molecular flexibility index (Phi) is 3.03. The van der Waals surface area contributed by atoms with E-state index in [0.29, 0.717) is 0 Å². The molecule has 0 spiro atoms. The molecule has 0 saturated carbocycles. The molecule has 1 saturated heterocycles. The highest BCUT2D eigenvalue weighted by Gasteiger charge is 2.43. The Balaban J connectivity index is 2.58. The van der Waals surface area contributed by atoms with Crippen LogP contribution in [0.25, 0.3) is 0 Å². The van der Waals surface area contributed by atoms with Crippen LogP contribution in [0.2, 0.25) is 0 Å². The van der Waals surface area contributed by atoms with E-state index in [2.05, 4.69) is 0 Å². The Labute approximate surface area is 70.5 Å². The molecule has 3 N–H and O–H groups in total. The van der Waals surface area contributed by atoms with Gasteiger partial charge in [0.2, 0.25) is 0 Å². The molecule has 5 nitrogen and oxygen atoms in total. The van der Waals surface area contributed by atoms with E-state index in [1.54, 1.807) is 6.92 Å². The lowest BCUT2D eigenvalue weighted by molar-refractivity contribution is -0.189. The summed E-state index contributed by atoms with van der Waals surface area (Å²) in [6, 6.07) is 0. The average molecular weight is 178 g/mol. The van der Waals surface area contributed by atoms with Crippen LogP contribution in [-0.4, -0.2) is 53.1 Å². The first-order chi connectivity index (χ1) is 5.65. The molecule has 1 aliphatic rings. The summed E-state index contributed by atoms with van der Waals surface area (Å²) >= 11 is 0. The van der Waals surface area contributed by atoms with E-state index in [0.717, 1.165) is 0 Å². The fraction of sp³-hybridized carbons (Fsp3) is 1.00. The van der Waals surface area contributed by atoms with Crippen LogP contribution >= 0.6 is 0 Å². The highest BCUT2D eigenvalue weighted by Crippen LogP contribution is 2.27. The molecule has 0 radical (unpaired) electrons. The molecule has 1 fully saturated rings. The lowest BCUT2D eigenvalue weighted by Gasteiger charge is -2.19. The van der Waals surface area contributed by atoms with Crippen LogP contribution in [0.4, 0.5) is 0 Å². The summed E-state index contributed by atoms with van der Waals surface area (Å²) in [6.07, 6.45) is -1.10. The van der Waals surface area contributed by atoms with E-state index < -0.39 is 18.0 Å². The molecule has 0 aromatic rings. The number of rotatable bonds is 3. The zero-order chi connectivity index (χ0) is 9.19. The van der Waals surface area contributed by atoms with Crippen LogP contribution in [0.3, 0.4) is 0 Å². The van der Waals surface area contributed by atoms with Gasteiger partial charge in [-0.05, 0) is 6.92 Å². The molecule has 0 amide bonds. The first-order valence-electron chi connectivity index (χ1n) is 3.83. The van der Waals surface area contributed by atoms with Crippen molar-refractivity contribution in [3.63, 3.8) is 0 Å². The number of aliphatic hydroxyl groups is 3. The highest BCUT2D eigenvalue weighted by molar-refractivity contribution is 4.82. The summed E-state index contributed by atoms with van der Waals surface area (Å²) in [4.78, 5) is 0. The third kappa shape index (κ3) is 1.75. The quantitative estimate of drug-likeness (QED) is 0.488. The minimum absolute atomic E-state index is 0.221. The van der Waals surface area contributed by atoms with Gasteiger partial charge in [-0.15, -0.1) is 0 Å². The van der Waals surface area contributed by atoms with Crippen molar-refractivity contribution in [2.24, 2.45) is 0 Å². The lowest BCUT2D eigenvalue weighted by atomic mass is 10.2. The predicted molar refractivity (Wildman–Crippen MR) is 39.4 cm³/mol. The van der Waals surface area contributed by atoms with E-state index in [-0.39, 0.29) is 19.8 Å². The van der Waals surface area contributed by atoms with Gasteiger partial charge in [-0.2, -0.15) is 0 Å². The zero-order valence-corrected chi connectivity index (χ0v) is 6.93. The third-order valence-electron chi connectivity index (χ3n) is 1.86. The van der Waals surface area contributed by atoms with E-state index in [4.69, 9.17) is 24.8 Å². The molecule has 1 heterocycles. The van der Waals surface area contributed by atoms with Gasteiger partial charge in [0.1, 0.15) is 12.2 Å². The SMILES string of the molecule is CC1(CO)O[C@@H](CO)[C@H](CO)O1. The first-order valence-corrected chi connectivity index (χ1v) is 3.83. The molecule has 5 heteroatoms. The maximum absolute atomic E-state index is 8.84. The Morgan fingerprint density at radius 1 is 1.08 bits per heavy atom. The summed E-state index contributed by atoms with van der Waals surface area (Å²) in [5.74, 6) is -1.08. The molecular weight excluding hydrogens is 164 g/mol. The molecule has 2 atom stereocenters. The van der Waals surface area contributed by atoms with Crippen LogP contribution in [0, 0.1) is 0 Å². The van der Waals surface area contributed by atoms with Gasteiger partial charge < -0.3 is 24.8 Å². The second-order valence-corrected chi connectivity index (χ2v) is 2.97. The standard InChI is InChI=1S/C7H14O5/c1-7(4-10)11-5(2-8)6(3-9)12-7/h5-6,8-10H,2-4H2,1H3/t5-,6-/m0/s1. The van der Waals surface area contributed by atoms with Crippen LogP contribution in [0.1, 0.15) is 6.92 Å². The Morgan fingerprint density at radius 2 is 1.50 bits per heavy atom. The first kappa shape index (κ1) is 9.88. The van der Waals surface area contributed by atoms with Crippen molar-refractivity contribution in [1.82, 2.24) is 0 Å². The van der Waals surface area contributed by atoms with Crippen molar-refractivity contribution in [3.05, 3.63) is 0 Å². The lowest BCUT2D eigenvalue weighted by Crippen LogP contribution is -2.31. The van der Waals surface area contributed by atoms with Crippen LogP contribution in [-0.2, 0) is 9.47 Å². The van der Waals surface area contributed by atoms with E-state index in [1.165, 1.54) is 0 Å². The smallest absolute Gasteiger partial charge is 0.189 e. The maximum atomic E-state index is 8.84. The molecule has 0 bridgehead atoms. The zero-order valence-electron chi connectivity index (χ0n) is 6.93. The summed E-state index contributed by atoms with van der Waals surface area (Å²) in [6.45, 7) is 0.826. The predicted octanol–water partition coefficient (Wildman–Crippen LogP) is -1.54. The number of hydrogen-bond acceptors (Lipinski definition) is 5. The third-order valence-corrected chi connectivity index (χ3v) is 1.86. The summed E-state index contributed by atoms with van der Waals surface area (Å²) in [7, 11) is 0. The molecule has 0 aromatic carbocycles. The Bertz CT molecular complexity index is 137. The second kappa shape index (κ2) is 3.68. The van der Waals surface area contributed by atoms with Crippen molar-refractivity contribution in [2.75, 3.05) is 19.8 Å². The molecule has 0 aromatic heterocycles. The van der Waals surface area contributed by atoms with Gasteiger partial charge in [0.05, 0.1) is 19.8 Å². The van der Waals surface area contributed by atoms with Gasteiger partial charge >= 0.3 is 0 Å². The van der Waals surface area contributed by atoms with E-state index in [9.17, 15) is 0 Å². The molecule has 0 aliphatic carbocycles. The van der Waals surface area contributed by atoms with E-state index in [1.807, 2.05) is 0 Å². The average Bonchev–Trinajstić information content (AvgIpc) is 2.43. The van der Waals surface area contributed by atoms with Gasteiger partial charge in [-0.1, -0.05) is 0 Å². The molecular formula is C7H14O5. The monoisotopic (exact) mass is 178 g/mol. The van der Waals surface area contributed by atoms with Crippen molar-refractivity contribution in [3.8, 4) is 0 Å². The highest BCUT2D eigenvalue weighted by atomic mass is 16.8. The number of aliphatic hydroxyl groups excluding tert-OH is 3. The Morgan fingerprint density at radius 3 is 1.75 bits per heavy atom. The molecule has 12 heavy (non-hydrogen) atoms. The number of hydrogen-bond donors (Lipinski definition) is 3. The molecule has 1 aliphatic heterocycles.